The van der Waals surface area contributed by atoms with Gasteiger partial charge in [-0.25, -0.2) is 4.79 Å². The van der Waals surface area contributed by atoms with Crippen molar-refractivity contribution in [1.29, 1.82) is 0 Å². The van der Waals surface area contributed by atoms with Crippen LogP contribution in [0, 0.1) is 5.92 Å². The molecule has 18 heavy (non-hydrogen) atoms. The topological polar surface area (TPSA) is 75.3 Å². The highest BCUT2D eigenvalue weighted by Crippen LogP contribution is 2.31. The minimum atomic E-state index is -0.436. The lowest BCUT2D eigenvalue weighted by atomic mass is 9.98. The van der Waals surface area contributed by atoms with Gasteiger partial charge in [0.05, 0.1) is 16.9 Å². The van der Waals surface area contributed by atoms with E-state index in [-0.39, 0.29) is 0 Å². The standard InChI is InChI=1S/C13H17N3O2/c1-8-2-4-16(5-3-8)11-7-10-12(6-9(11)14)18-13(17)15-10/h6-8H,2-5,14H2,1H3,(H,15,17). The highest BCUT2D eigenvalue weighted by molar-refractivity contribution is 5.85. The number of nitrogen functional groups attached to an aromatic ring is 1. The van der Waals surface area contributed by atoms with Crippen LogP contribution in [0.2, 0.25) is 0 Å². The first-order chi connectivity index (χ1) is 8.63. The summed E-state index contributed by atoms with van der Waals surface area (Å²) in [6, 6.07) is 3.63. The summed E-state index contributed by atoms with van der Waals surface area (Å²) in [7, 11) is 0. The van der Waals surface area contributed by atoms with Crippen molar-refractivity contribution >= 4 is 22.5 Å². The number of oxazole rings is 1. The molecule has 1 aliphatic heterocycles. The molecule has 1 fully saturated rings. The molecule has 5 nitrogen and oxygen atoms in total. The van der Waals surface area contributed by atoms with Crippen molar-refractivity contribution < 1.29 is 4.42 Å². The van der Waals surface area contributed by atoms with Gasteiger partial charge in [-0.3, -0.25) is 4.98 Å². The number of rotatable bonds is 1. The van der Waals surface area contributed by atoms with Crippen LogP contribution in [0.25, 0.3) is 11.1 Å². The van der Waals surface area contributed by atoms with E-state index in [1.807, 2.05) is 6.07 Å². The third-order valence-electron chi connectivity index (χ3n) is 3.69. The summed E-state index contributed by atoms with van der Waals surface area (Å²) < 4.78 is 5.00. The van der Waals surface area contributed by atoms with Crippen LogP contribution < -0.4 is 16.4 Å². The highest BCUT2D eigenvalue weighted by atomic mass is 16.4. The quantitative estimate of drug-likeness (QED) is 0.755. The van der Waals surface area contributed by atoms with Crippen molar-refractivity contribution in [2.45, 2.75) is 19.8 Å². The van der Waals surface area contributed by atoms with Crippen molar-refractivity contribution in [1.82, 2.24) is 4.98 Å². The summed E-state index contributed by atoms with van der Waals surface area (Å²) in [5.41, 5.74) is 8.93. The van der Waals surface area contributed by atoms with Gasteiger partial charge in [-0.1, -0.05) is 6.92 Å². The maximum absolute atomic E-state index is 11.2. The van der Waals surface area contributed by atoms with E-state index >= 15 is 0 Å². The SMILES string of the molecule is CC1CCN(c2cc3[nH]c(=O)oc3cc2N)CC1. The van der Waals surface area contributed by atoms with E-state index in [9.17, 15) is 4.79 Å². The Morgan fingerprint density at radius 2 is 2.11 bits per heavy atom. The third kappa shape index (κ3) is 1.85. The van der Waals surface area contributed by atoms with Gasteiger partial charge >= 0.3 is 5.76 Å². The molecule has 1 saturated heterocycles. The van der Waals surface area contributed by atoms with Gasteiger partial charge in [-0.2, -0.15) is 0 Å². The first-order valence-electron chi connectivity index (χ1n) is 6.31. The van der Waals surface area contributed by atoms with Gasteiger partial charge in [-0.15, -0.1) is 0 Å². The molecule has 3 rings (SSSR count). The molecule has 2 heterocycles. The monoisotopic (exact) mass is 247 g/mol. The van der Waals surface area contributed by atoms with E-state index in [1.165, 1.54) is 12.8 Å². The van der Waals surface area contributed by atoms with Crippen molar-refractivity contribution in [2.24, 2.45) is 5.92 Å². The fourth-order valence-electron chi connectivity index (χ4n) is 2.52. The van der Waals surface area contributed by atoms with Crippen molar-refractivity contribution in [2.75, 3.05) is 23.7 Å². The molecule has 1 aromatic carbocycles. The maximum atomic E-state index is 11.2. The Morgan fingerprint density at radius 3 is 2.83 bits per heavy atom. The van der Waals surface area contributed by atoms with E-state index in [1.54, 1.807) is 6.07 Å². The highest BCUT2D eigenvalue weighted by Gasteiger charge is 2.18. The lowest BCUT2D eigenvalue weighted by molar-refractivity contribution is 0.439. The van der Waals surface area contributed by atoms with Gasteiger partial charge in [0.25, 0.3) is 0 Å². The van der Waals surface area contributed by atoms with Gasteiger partial charge < -0.3 is 15.1 Å². The van der Waals surface area contributed by atoms with E-state index in [0.717, 1.165) is 24.7 Å². The number of piperidine rings is 1. The molecule has 1 aliphatic rings. The Bertz CT molecular complexity index is 621. The Labute approximate surface area is 105 Å². The predicted octanol–water partition coefficient (Wildman–Crippen LogP) is 1.94. The van der Waals surface area contributed by atoms with Crippen LogP contribution in [0.15, 0.2) is 21.3 Å². The summed E-state index contributed by atoms with van der Waals surface area (Å²) in [6.07, 6.45) is 2.36. The second-order valence-corrected chi connectivity index (χ2v) is 5.09. The van der Waals surface area contributed by atoms with Gasteiger partial charge in [0.15, 0.2) is 5.58 Å². The lowest BCUT2D eigenvalue weighted by Crippen LogP contribution is -2.33. The number of anilines is 2. The molecule has 5 heteroatoms. The smallest absolute Gasteiger partial charge is 0.408 e. The van der Waals surface area contributed by atoms with E-state index in [2.05, 4.69) is 16.8 Å². The molecule has 2 aromatic rings. The summed E-state index contributed by atoms with van der Waals surface area (Å²) in [5, 5.41) is 0. The summed E-state index contributed by atoms with van der Waals surface area (Å²) >= 11 is 0. The van der Waals surface area contributed by atoms with Gasteiger partial charge in [0, 0.05) is 19.2 Å². The number of nitrogens with one attached hydrogen (secondary N) is 1. The molecule has 0 bridgehead atoms. The number of H-pyrrole nitrogens is 1. The molecule has 96 valence electrons. The van der Waals surface area contributed by atoms with Crippen LogP contribution in [0.5, 0.6) is 0 Å². The zero-order valence-electron chi connectivity index (χ0n) is 10.4. The fourth-order valence-corrected chi connectivity index (χ4v) is 2.52. The fraction of sp³-hybridized carbons (Fsp3) is 0.462. The Hall–Kier alpha value is -1.91. The molecule has 1 aromatic heterocycles. The number of fused-ring (bicyclic) bond motifs is 1. The summed E-state index contributed by atoms with van der Waals surface area (Å²) in [5.74, 6) is 0.341. The first-order valence-corrected chi connectivity index (χ1v) is 6.31. The molecule has 0 saturated carbocycles. The molecule has 0 amide bonds. The number of hydrogen-bond acceptors (Lipinski definition) is 4. The zero-order valence-corrected chi connectivity index (χ0v) is 10.4. The van der Waals surface area contributed by atoms with Crippen LogP contribution in [-0.2, 0) is 0 Å². The summed E-state index contributed by atoms with van der Waals surface area (Å²) in [6.45, 7) is 4.30. The van der Waals surface area contributed by atoms with E-state index in [4.69, 9.17) is 10.2 Å². The van der Waals surface area contributed by atoms with Gasteiger partial charge in [0.2, 0.25) is 0 Å². The van der Waals surface area contributed by atoms with Crippen molar-refractivity contribution in [3.8, 4) is 0 Å². The number of aromatic amines is 1. The van der Waals surface area contributed by atoms with E-state index in [0.29, 0.717) is 16.8 Å². The lowest BCUT2D eigenvalue weighted by Gasteiger charge is -2.32. The Balaban J connectivity index is 2.00. The second-order valence-electron chi connectivity index (χ2n) is 5.09. The molecule has 3 N–H and O–H groups in total. The predicted molar refractivity (Wildman–Crippen MR) is 71.9 cm³/mol. The number of nitrogens with zero attached hydrogens (tertiary/aromatic N) is 1. The molecule has 0 unspecified atom stereocenters. The van der Waals surface area contributed by atoms with Crippen LogP contribution in [0.4, 0.5) is 11.4 Å². The summed E-state index contributed by atoms with van der Waals surface area (Å²) in [4.78, 5) is 16.1. The molecular weight excluding hydrogens is 230 g/mol. The minimum Gasteiger partial charge on any atom is -0.408 e. The normalized spacial score (nSPS) is 17.5. The Morgan fingerprint density at radius 1 is 1.39 bits per heavy atom. The maximum Gasteiger partial charge on any atom is 0.417 e. The molecule has 0 aliphatic carbocycles. The average Bonchev–Trinajstić information content (AvgIpc) is 2.68. The molecule has 0 atom stereocenters. The van der Waals surface area contributed by atoms with Crippen LogP contribution >= 0.6 is 0 Å². The molecule has 0 radical (unpaired) electrons. The zero-order chi connectivity index (χ0) is 12.7. The van der Waals surface area contributed by atoms with Gasteiger partial charge in [-0.05, 0) is 24.8 Å². The molecule has 0 spiro atoms. The van der Waals surface area contributed by atoms with Crippen molar-refractivity contribution in [3.05, 3.63) is 22.7 Å². The van der Waals surface area contributed by atoms with Gasteiger partial charge in [0.1, 0.15) is 0 Å². The molecular formula is C13H17N3O2. The minimum absolute atomic E-state index is 0.436. The van der Waals surface area contributed by atoms with E-state index < -0.39 is 5.76 Å². The van der Waals surface area contributed by atoms with Crippen LogP contribution in [-0.4, -0.2) is 18.1 Å². The number of hydrogen-bond donors (Lipinski definition) is 2. The number of nitrogens with two attached hydrogens (primary N) is 1. The number of benzene rings is 1. The third-order valence-corrected chi connectivity index (χ3v) is 3.69. The second kappa shape index (κ2) is 4.08. The number of aromatic nitrogens is 1. The largest absolute Gasteiger partial charge is 0.417 e. The first kappa shape index (κ1) is 11.2. The Kier molecular flexibility index (Phi) is 2.54. The van der Waals surface area contributed by atoms with Crippen LogP contribution in [0.3, 0.4) is 0 Å². The average molecular weight is 247 g/mol. The van der Waals surface area contributed by atoms with Crippen molar-refractivity contribution in [3.63, 3.8) is 0 Å². The van der Waals surface area contributed by atoms with Crippen LogP contribution in [0.1, 0.15) is 19.8 Å².